The molecule has 0 fully saturated rings. The van der Waals surface area contributed by atoms with Gasteiger partial charge < -0.3 is 14.8 Å². The fourth-order valence-corrected chi connectivity index (χ4v) is 3.17. The lowest BCUT2D eigenvalue weighted by Gasteiger charge is -2.22. The van der Waals surface area contributed by atoms with E-state index in [1.165, 1.54) is 17.0 Å². The number of rotatable bonds is 7. The van der Waals surface area contributed by atoms with Gasteiger partial charge >= 0.3 is 0 Å². The Balaban J connectivity index is 0.00000338. The Bertz CT molecular complexity index is 716. The van der Waals surface area contributed by atoms with Crippen LogP contribution in [0.5, 0.6) is 0 Å². The number of nitrogens with one attached hydrogen (secondary N) is 1. The number of aromatic nitrogens is 3. The van der Waals surface area contributed by atoms with Crippen molar-refractivity contribution in [3.05, 3.63) is 41.0 Å². The number of aryl methyl sites for hydroxylation is 3. The van der Waals surface area contributed by atoms with Gasteiger partial charge in [-0.2, -0.15) is 5.10 Å². The standard InChI is InChI=1S/C19H32N6.HI/c1-7-17-16(18(8-2)25(6)22-17)13-21-19(20-9-3)24(5)14-15-11-10-12-23(15)4;/h10-12H,7-9,13-14H2,1-6H3,(H,20,21);1H. The molecule has 7 heteroatoms. The smallest absolute Gasteiger partial charge is 0.194 e. The van der Waals surface area contributed by atoms with E-state index in [9.17, 15) is 0 Å². The molecule has 26 heavy (non-hydrogen) atoms. The van der Waals surface area contributed by atoms with Crippen LogP contribution in [0.1, 0.15) is 43.4 Å². The van der Waals surface area contributed by atoms with Crippen molar-refractivity contribution in [2.24, 2.45) is 19.1 Å². The summed E-state index contributed by atoms with van der Waals surface area (Å²) < 4.78 is 4.15. The first-order chi connectivity index (χ1) is 12.0. The molecule has 146 valence electrons. The highest BCUT2D eigenvalue weighted by molar-refractivity contribution is 14.0. The summed E-state index contributed by atoms with van der Waals surface area (Å²) in [6, 6.07) is 4.22. The molecule has 2 aromatic heterocycles. The summed E-state index contributed by atoms with van der Waals surface area (Å²) in [5.74, 6) is 0.927. The normalized spacial score (nSPS) is 11.4. The van der Waals surface area contributed by atoms with Gasteiger partial charge in [0.1, 0.15) is 0 Å². The van der Waals surface area contributed by atoms with Gasteiger partial charge in [0, 0.05) is 50.8 Å². The first-order valence-electron chi connectivity index (χ1n) is 9.14. The fourth-order valence-electron chi connectivity index (χ4n) is 3.17. The highest BCUT2D eigenvalue weighted by atomic mass is 127. The van der Waals surface area contributed by atoms with Crippen LogP contribution in [-0.4, -0.2) is 38.8 Å². The summed E-state index contributed by atoms with van der Waals surface area (Å²) in [7, 11) is 6.18. The van der Waals surface area contributed by atoms with Crippen LogP contribution in [0.2, 0.25) is 0 Å². The molecule has 2 rings (SSSR count). The number of hydrogen-bond donors (Lipinski definition) is 1. The Morgan fingerprint density at radius 1 is 1.23 bits per heavy atom. The van der Waals surface area contributed by atoms with Crippen molar-refractivity contribution < 1.29 is 0 Å². The zero-order chi connectivity index (χ0) is 18.4. The Hall–Kier alpha value is -1.51. The van der Waals surface area contributed by atoms with Crippen LogP contribution in [0.15, 0.2) is 23.3 Å². The third-order valence-corrected chi connectivity index (χ3v) is 4.56. The maximum absolute atomic E-state index is 4.89. The topological polar surface area (TPSA) is 50.4 Å². The van der Waals surface area contributed by atoms with Crippen molar-refractivity contribution in [3.63, 3.8) is 0 Å². The van der Waals surface area contributed by atoms with E-state index in [4.69, 9.17) is 4.99 Å². The molecule has 0 aliphatic carbocycles. The van der Waals surface area contributed by atoms with Gasteiger partial charge in [0.25, 0.3) is 0 Å². The molecular weight excluding hydrogens is 439 g/mol. The van der Waals surface area contributed by atoms with Gasteiger partial charge in [-0.25, -0.2) is 4.99 Å². The number of halogens is 1. The molecule has 0 saturated heterocycles. The van der Waals surface area contributed by atoms with Crippen molar-refractivity contribution in [3.8, 4) is 0 Å². The van der Waals surface area contributed by atoms with Crippen LogP contribution in [-0.2, 0) is 40.0 Å². The molecule has 2 aromatic rings. The lowest BCUT2D eigenvalue weighted by molar-refractivity contribution is 0.462. The van der Waals surface area contributed by atoms with Gasteiger partial charge in [0.2, 0.25) is 0 Å². The highest BCUT2D eigenvalue weighted by Crippen LogP contribution is 2.17. The van der Waals surface area contributed by atoms with E-state index in [1.54, 1.807) is 0 Å². The lowest BCUT2D eigenvalue weighted by Crippen LogP contribution is -2.38. The van der Waals surface area contributed by atoms with Gasteiger partial charge in [-0.1, -0.05) is 13.8 Å². The van der Waals surface area contributed by atoms with Gasteiger partial charge in [-0.05, 0) is 31.9 Å². The van der Waals surface area contributed by atoms with Gasteiger partial charge in [-0.15, -0.1) is 24.0 Å². The molecule has 0 aliphatic heterocycles. The molecule has 2 heterocycles. The van der Waals surface area contributed by atoms with Crippen LogP contribution in [0.25, 0.3) is 0 Å². The molecular formula is C19H33IN6. The molecule has 0 aliphatic rings. The van der Waals surface area contributed by atoms with E-state index in [-0.39, 0.29) is 24.0 Å². The molecule has 0 radical (unpaired) electrons. The van der Waals surface area contributed by atoms with E-state index >= 15 is 0 Å². The van der Waals surface area contributed by atoms with Gasteiger partial charge in [0.05, 0.1) is 18.8 Å². The van der Waals surface area contributed by atoms with Crippen LogP contribution >= 0.6 is 24.0 Å². The summed E-state index contributed by atoms with van der Waals surface area (Å²) >= 11 is 0. The number of nitrogens with zero attached hydrogens (tertiary/aromatic N) is 5. The molecule has 6 nitrogen and oxygen atoms in total. The van der Waals surface area contributed by atoms with Crippen molar-refractivity contribution in [1.29, 1.82) is 0 Å². The minimum absolute atomic E-state index is 0. The summed E-state index contributed by atoms with van der Waals surface area (Å²) in [5.41, 5.74) is 4.97. The van der Waals surface area contributed by atoms with Crippen molar-refractivity contribution >= 4 is 29.9 Å². The Labute approximate surface area is 174 Å². The number of guanidine groups is 1. The second-order valence-corrected chi connectivity index (χ2v) is 6.34. The van der Waals surface area contributed by atoms with Gasteiger partial charge in [0.15, 0.2) is 5.96 Å². The predicted molar refractivity (Wildman–Crippen MR) is 119 cm³/mol. The van der Waals surface area contributed by atoms with Gasteiger partial charge in [-0.3, -0.25) is 4.68 Å². The molecule has 0 aromatic carbocycles. The summed E-state index contributed by atoms with van der Waals surface area (Å²) in [6.07, 6.45) is 3.99. The van der Waals surface area contributed by atoms with Crippen LogP contribution in [0, 0.1) is 0 Å². The molecule has 0 saturated carbocycles. The quantitative estimate of drug-likeness (QED) is 0.383. The summed E-state index contributed by atoms with van der Waals surface area (Å²) in [6.45, 7) is 8.78. The average molecular weight is 472 g/mol. The van der Waals surface area contributed by atoms with Crippen molar-refractivity contribution in [2.75, 3.05) is 13.6 Å². The lowest BCUT2D eigenvalue weighted by atomic mass is 10.1. The maximum atomic E-state index is 4.89. The van der Waals surface area contributed by atoms with Crippen LogP contribution in [0.4, 0.5) is 0 Å². The molecule has 0 spiro atoms. The third-order valence-electron chi connectivity index (χ3n) is 4.56. The average Bonchev–Trinajstić information content (AvgIpc) is 3.13. The Morgan fingerprint density at radius 2 is 1.96 bits per heavy atom. The predicted octanol–water partition coefficient (Wildman–Crippen LogP) is 3.10. The largest absolute Gasteiger partial charge is 0.357 e. The Kier molecular flexibility index (Phi) is 9.18. The Morgan fingerprint density at radius 3 is 2.50 bits per heavy atom. The zero-order valence-corrected chi connectivity index (χ0v) is 19.2. The minimum Gasteiger partial charge on any atom is -0.357 e. The van der Waals surface area contributed by atoms with Crippen molar-refractivity contribution in [1.82, 2.24) is 24.6 Å². The number of hydrogen-bond acceptors (Lipinski definition) is 2. The molecule has 0 bridgehead atoms. The molecule has 0 atom stereocenters. The van der Waals surface area contributed by atoms with Crippen LogP contribution < -0.4 is 5.32 Å². The van der Waals surface area contributed by atoms with E-state index in [0.29, 0.717) is 6.54 Å². The summed E-state index contributed by atoms with van der Waals surface area (Å²) in [4.78, 5) is 7.07. The van der Waals surface area contributed by atoms with E-state index in [1.807, 2.05) is 11.7 Å². The monoisotopic (exact) mass is 472 g/mol. The van der Waals surface area contributed by atoms with E-state index < -0.39 is 0 Å². The SMILES string of the molecule is CCNC(=NCc1c(CC)nn(C)c1CC)N(C)Cc1cccn1C.I. The summed E-state index contributed by atoms with van der Waals surface area (Å²) in [5, 5.41) is 8.06. The second kappa shape index (κ2) is 10.6. The highest BCUT2D eigenvalue weighted by Gasteiger charge is 2.14. The second-order valence-electron chi connectivity index (χ2n) is 6.34. The number of aliphatic imine (C=N–C) groups is 1. The first kappa shape index (κ1) is 22.5. The van der Waals surface area contributed by atoms with E-state index in [0.717, 1.165) is 37.6 Å². The van der Waals surface area contributed by atoms with Crippen molar-refractivity contribution in [2.45, 2.75) is 46.7 Å². The fraction of sp³-hybridized carbons (Fsp3) is 0.579. The van der Waals surface area contributed by atoms with E-state index in [2.05, 4.69) is 73.1 Å². The molecule has 0 unspecified atom stereocenters. The van der Waals surface area contributed by atoms with Crippen LogP contribution in [0.3, 0.4) is 0 Å². The molecule has 1 N–H and O–H groups in total. The maximum Gasteiger partial charge on any atom is 0.194 e. The minimum atomic E-state index is 0. The molecule has 0 amide bonds. The zero-order valence-electron chi connectivity index (χ0n) is 16.9. The first-order valence-corrected chi connectivity index (χ1v) is 9.14. The third kappa shape index (κ3) is 5.25.